The van der Waals surface area contributed by atoms with Crippen LogP contribution in [-0.2, 0) is 6.42 Å². The van der Waals surface area contributed by atoms with Crippen molar-refractivity contribution in [2.24, 2.45) is 0 Å². The van der Waals surface area contributed by atoms with Gasteiger partial charge in [-0.05, 0) is 64.7 Å². The molecule has 0 amide bonds. The van der Waals surface area contributed by atoms with Crippen LogP contribution in [0.3, 0.4) is 0 Å². The second-order valence-corrected chi connectivity index (χ2v) is 6.63. The van der Waals surface area contributed by atoms with Crippen LogP contribution in [0.4, 0.5) is 0 Å². The molecule has 0 aliphatic rings. The zero-order valence-electron chi connectivity index (χ0n) is 12.4. The third kappa shape index (κ3) is 3.83. The van der Waals surface area contributed by atoms with Gasteiger partial charge < -0.3 is 5.32 Å². The molecule has 106 valence electrons. The fourth-order valence-corrected chi connectivity index (χ4v) is 3.16. The molecular formula is C18H22IN. The molecule has 2 heteroatoms. The Balaban J connectivity index is 2.16. The predicted molar refractivity (Wildman–Crippen MR) is 95.2 cm³/mol. The lowest BCUT2D eigenvalue weighted by Crippen LogP contribution is -2.19. The maximum absolute atomic E-state index is 3.44. The molecule has 1 N–H and O–H groups in total. The molecule has 20 heavy (non-hydrogen) atoms. The van der Waals surface area contributed by atoms with E-state index < -0.39 is 0 Å². The number of halogens is 1. The molecular weight excluding hydrogens is 357 g/mol. The highest BCUT2D eigenvalue weighted by atomic mass is 127. The van der Waals surface area contributed by atoms with Gasteiger partial charge >= 0.3 is 0 Å². The minimum absolute atomic E-state index is 0.369. The maximum Gasteiger partial charge on any atom is 0.0368 e. The van der Waals surface area contributed by atoms with E-state index in [0.717, 1.165) is 6.42 Å². The van der Waals surface area contributed by atoms with Crippen LogP contribution < -0.4 is 5.32 Å². The van der Waals surface area contributed by atoms with E-state index in [1.807, 2.05) is 7.05 Å². The summed E-state index contributed by atoms with van der Waals surface area (Å²) < 4.78 is 1.32. The molecule has 0 heterocycles. The summed E-state index contributed by atoms with van der Waals surface area (Å²) in [6.07, 6.45) is 1.02. The second kappa shape index (κ2) is 7.23. The molecule has 1 nitrogen and oxygen atoms in total. The first-order valence-electron chi connectivity index (χ1n) is 7.12. The molecule has 0 radical (unpaired) electrons. The topological polar surface area (TPSA) is 12.0 Å². The van der Waals surface area contributed by atoms with E-state index in [9.17, 15) is 0 Å². The summed E-state index contributed by atoms with van der Waals surface area (Å²) in [5.41, 5.74) is 4.17. The zero-order valence-corrected chi connectivity index (χ0v) is 14.5. The summed E-state index contributed by atoms with van der Waals surface area (Å²) in [7, 11) is 2.04. The number of hydrogen-bond donors (Lipinski definition) is 1. The van der Waals surface area contributed by atoms with Crippen molar-refractivity contribution < 1.29 is 0 Å². The first kappa shape index (κ1) is 15.5. The van der Waals surface area contributed by atoms with Crippen molar-refractivity contribution in [1.29, 1.82) is 0 Å². The number of rotatable bonds is 5. The summed E-state index contributed by atoms with van der Waals surface area (Å²) in [6, 6.07) is 18.0. The Morgan fingerprint density at radius 3 is 2.20 bits per heavy atom. The molecule has 0 fully saturated rings. The summed E-state index contributed by atoms with van der Waals surface area (Å²) in [5, 5.41) is 3.44. The Morgan fingerprint density at radius 2 is 1.65 bits per heavy atom. The molecule has 0 aromatic heterocycles. The van der Waals surface area contributed by atoms with E-state index in [2.05, 4.69) is 90.3 Å². The van der Waals surface area contributed by atoms with Crippen molar-refractivity contribution in [3.63, 3.8) is 0 Å². The van der Waals surface area contributed by atoms with Crippen LogP contribution in [0.25, 0.3) is 0 Å². The van der Waals surface area contributed by atoms with Crippen LogP contribution in [0.1, 0.15) is 42.5 Å². The van der Waals surface area contributed by atoms with E-state index >= 15 is 0 Å². The van der Waals surface area contributed by atoms with Gasteiger partial charge in [0.1, 0.15) is 0 Å². The molecule has 2 rings (SSSR count). The zero-order chi connectivity index (χ0) is 14.5. The Bertz CT molecular complexity index is 546. The van der Waals surface area contributed by atoms with Gasteiger partial charge in [0.2, 0.25) is 0 Å². The third-order valence-electron chi connectivity index (χ3n) is 3.72. The molecule has 0 spiro atoms. The van der Waals surface area contributed by atoms with Crippen molar-refractivity contribution in [2.45, 2.75) is 32.2 Å². The van der Waals surface area contributed by atoms with Gasteiger partial charge in [-0.1, -0.05) is 56.3 Å². The summed E-state index contributed by atoms with van der Waals surface area (Å²) in [6.45, 7) is 4.47. The Morgan fingerprint density at radius 1 is 1.00 bits per heavy atom. The predicted octanol–water partition coefficient (Wildman–Crippen LogP) is 4.92. The standard InChI is InChI=1S/C18H22IN/c1-13(2)15-10-8-14(9-11-15)12-18(20-3)16-6-4-5-7-17(16)19/h4-11,13,18,20H,12H2,1-3H3. The average molecular weight is 379 g/mol. The van der Waals surface area contributed by atoms with Gasteiger partial charge in [0.25, 0.3) is 0 Å². The third-order valence-corrected chi connectivity index (χ3v) is 4.70. The fourth-order valence-electron chi connectivity index (χ4n) is 2.40. The van der Waals surface area contributed by atoms with Gasteiger partial charge in [-0.25, -0.2) is 0 Å². The van der Waals surface area contributed by atoms with Crippen LogP contribution in [0.15, 0.2) is 48.5 Å². The highest BCUT2D eigenvalue weighted by Gasteiger charge is 2.12. The summed E-state index contributed by atoms with van der Waals surface area (Å²) in [5.74, 6) is 0.596. The Kier molecular flexibility index (Phi) is 5.61. The van der Waals surface area contributed by atoms with Crippen molar-refractivity contribution in [3.8, 4) is 0 Å². The molecule has 2 aromatic rings. The Labute approximate surface area is 135 Å². The average Bonchev–Trinajstić information content (AvgIpc) is 2.46. The van der Waals surface area contributed by atoms with E-state index in [4.69, 9.17) is 0 Å². The largest absolute Gasteiger partial charge is 0.313 e. The van der Waals surface area contributed by atoms with Crippen molar-refractivity contribution in [1.82, 2.24) is 5.32 Å². The summed E-state index contributed by atoms with van der Waals surface area (Å²) >= 11 is 2.42. The van der Waals surface area contributed by atoms with Crippen LogP contribution in [0, 0.1) is 3.57 Å². The van der Waals surface area contributed by atoms with E-state index in [1.165, 1.54) is 20.3 Å². The molecule has 1 atom stereocenters. The molecule has 1 unspecified atom stereocenters. The highest BCUT2D eigenvalue weighted by molar-refractivity contribution is 14.1. The number of hydrogen-bond acceptors (Lipinski definition) is 1. The van der Waals surface area contributed by atoms with Crippen LogP contribution >= 0.6 is 22.6 Å². The minimum Gasteiger partial charge on any atom is -0.313 e. The lowest BCUT2D eigenvalue weighted by atomic mass is 9.96. The fraction of sp³-hybridized carbons (Fsp3) is 0.333. The van der Waals surface area contributed by atoms with Gasteiger partial charge in [-0.3, -0.25) is 0 Å². The smallest absolute Gasteiger partial charge is 0.0368 e. The van der Waals surface area contributed by atoms with Gasteiger partial charge in [-0.15, -0.1) is 0 Å². The van der Waals surface area contributed by atoms with E-state index in [-0.39, 0.29) is 0 Å². The lowest BCUT2D eigenvalue weighted by molar-refractivity contribution is 0.589. The first-order chi connectivity index (χ1) is 9.61. The van der Waals surface area contributed by atoms with Gasteiger partial charge in [-0.2, -0.15) is 0 Å². The van der Waals surface area contributed by atoms with Crippen LogP contribution in [-0.4, -0.2) is 7.05 Å². The number of likely N-dealkylation sites (N-methyl/N-ethyl adjacent to an activating group) is 1. The highest BCUT2D eigenvalue weighted by Crippen LogP contribution is 2.24. The Hall–Kier alpha value is -0.870. The lowest BCUT2D eigenvalue weighted by Gasteiger charge is -2.18. The van der Waals surface area contributed by atoms with Gasteiger partial charge in [0, 0.05) is 9.61 Å². The number of nitrogens with one attached hydrogen (secondary N) is 1. The molecule has 0 saturated carbocycles. The van der Waals surface area contributed by atoms with E-state index in [1.54, 1.807) is 0 Å². The van der Waals surface area contributed by atoms with Crippen molar-refractivity contribution >= 4 is 22.6 Å². The molecule has 2 aromatic carbocycles. The first-order valence-corrected chi connectivity index (χ1v) is 8.20. The normalized spacial score (nSPS) is 12.7. The van der Waals surface area contributed by atoms with Crippen LogP contribution in [0.2, 0.25) is 0 Å². The quantitative estimate of drug-likeness (QED) is 0.728. The molecule has 0 aliphatic carbocycles. The molecule has 0 aliphatic heterocycles. The van der Waals surface area contributed by atoms with Crippen molar-refractivity contribution in [2.75, 3.05) is 7.05 Å². The summed E-state index contributed by atoms with van der Waals surface area (Å²) in [4.78, 5) is 0. The monoisotopic (exact) mass is 379 g/mol. The number of benzene rings is 2. The van der Waals surface area contributed by atoms with E-state index in [0.29, 0.717) is 12.0 Å². The van der Waals surface area contributed by atoms with Gasteiger partial charge in [0.05, 0.1) is 0 Å². The molecule has 0 bridgehead atoms. The van der Waals surface area contributed by atoms with Crippen molar-refractivity contribution in [3.05, 3.63) is 68.8 Å². The SMILES string of the molecule is CNC(Cc1ccc(C(C)C)cc1)c1ccccc1I. The second-order valence-electron chi connectivity index (χ2n) is 5.46. The maximum atomic E-state index is 3.44. The molecule has 0 saturated heterocycles. The minimum atomic E-state index is 0.369. The van der Waals surface area contributed by atoms with Crippen LogP contribution in [0.5, 0.6) is 0 Å². The van der Waals surface area contributed by atoms with Gasteiger partial charge in [0.15, 0.2) is 0 Å².